The second-order valence-electron chi connectivity index (χ2n) is 10.4. The van der Waals surface area contributed by atoms with Crippen LogP contribution in [0.3, 0.4) is 0 Å². The zero-order chi connectivity index (χ0) is 25.0. The van der Waals surface area contributed by atoms with E-state index in [1.54, 1.807) is 7.11 Å². The van der Waals surface area contributed by atoms with Gasteiger partial charge in [0.25, 0.3) is 0 Å². The monoisotopic (exact) mass is 484 g/mol. The van der Waals surface area contributed by atoms with Gasteiger partial charge in [-0.2, -0.15) is 0 Å². The van der Waals surface area contributed by atoms with Crippen LogP contribution >= 0.6 is 0 Å². The molecule has 0 bridgehead atoms. The molecule has 2 aromatic carbocycles. The lowest BCUT2D eigenvalue weighted by molar-refractivity contribution is -0.118. The van der Waals surface area contributed by atoms with Gasteiger partial charge in [-0.05, 0) is 42.7 Å². The molecule has 8 heteroatoms. The summed E-state index contributed by atoms with van der Waals surface area (Å²) in [6, 6.07) is 11.5. The second kappa shape index (κ2) is 8.46. The van der Waals surface area contributed by atoms with Gasteiger partial charge in [-0.15, -0.1) is 0 Å². The Balaban J connectivity index is 0.00000190. The highest BCUT2D eigenvalue weighted by molar-refractivity contribution is 6.03. The van der Waals surface area contributed by atoms with Gasteiger partial charge in [-0.1, -0.05) is 26.8 Å². The minimum Gasteiger partial charge on any atom is -0.494 e. The molecule has 0 radical (unpaired) electrons. The van der Waals surface area contributed by atoms with E-state index in [1.165, 1.54) is 0 Å². The SMILES string of the molecule is COc1cc(NC(=O)C2(c3ccc4c(c3)OCO4)CC2)cc2cc(C(C)(C)C)n(C[C@@H](O)CO)c12.[HH].[HH]. The molecule has 0 saturated heterocycles. The van der Waals surface area contributed by atoms with Gasteiger partial charge in [0.2, 0.25) is 12.7 Å². The molecule has 1 saturated carbocycles. The molecule has 5 rings (SSSR count). The molecule has 35 heavy (non-hydrogen) atoms. The molecule has 8 nitrogen and oxygen atoms in total. The Morgan fingerprint density at radius 3 is 2.60 bits per heavy atom. The number of aliphatic hydroxyl groups is 2. The number of nitrogens with one attached hydrogen (secondary N) is 1. The quantitative estimate of drug-likeness (QED) is 0.465. The number of amides is 1. The fourth-order valence-electron chi connectivity index (χ4n) is 4.90. The van der Waals surface area contributed by atoms with Crippen molar-refractivity contribution in [1.29, 1.82) is 0 Å². The number of aromatic nitrogens is 1. The average Bonchev–Trinajstić information content (AvgIpc) is 3.36. The predicted molar refractivity (Wildman–Crippen MR) is 137 cm³/mol. The number of rotatable bonds is 7. The van der Waals surface area contributed by atoms with Crippen molar-refractivity contribution in [3.63, 3.8) is 0 Å². The topological polar surface area (TPSA) is 102 Å². The molecule has 3 aromatic rings. The van der Waals surface area contributed by atoms with E-state index in [0.29, 0.717) is 22.9 Å². The Hall–Kier alpha value is -3.23. The summed E-state index contributed by atoms with van der Waals surface area (Å²) in [5.74, 6) is 1.90. The lowest BCUT2D eigenvalue weighted by Crippen LogP contribution is -2.27. The summed E-state index contributed by atoms with van der Waals surface area (Å²) in [5, 5.41) is 23.6. The highest BCUT2D eigenvalue weighted by Gasteiger charge is 2.51. The molecule has 1 fully saturated rings. The number of methoxy groups -OCH3 is 1. The number of carbonyl (C=O) groups excluding carboxylic acids is 1. The first-order valence-electron chi connectivity index (χ1n) is 11.9. The first-order valence-corrected chi connectivity index (χ1v) is 11.9. The Morgan fingerprint density at radius 2 is 1.94 bits per heavy atom. The minimum absolute atomic E-state index is 0. The third kappa shape index (κ3) is 4.10. The number of carbonyl (C=O) groups is 1. The molecule has 1 aromatic heterocycles. The smallest absolute Gasteiger partial charge is 0.235 e. The number of hydrogen-bond acceptors (Lipinski definition) is 6. The van der Waals surface area contributed by atoms with E-state index >= 15 is 0 Å². The van der Waals surface area contributed by atoms with Gasteiger partial charge in [0.15, 0.2) is 11.5 Å². The third-order valence-electron chi connectivity index (χ3n) is 6.92. The van der Waals surface area contributed by atoms with Crippen LogP contribution in [0.4, 0.5) is 5.69 Å². The van der Waals surface area contributed by atoms with Gasteiger partial charge in [-0.3, -0.25) is 4.79 Å². The van der Waals surface area contributed by atoms with Gasteiger partial charge in [0, 0.05) is 31.1 Å². The maximum atomic E-state index is 13.5. The van der Waals surface area contributed by atoms with Crippen LogP contribution in [0.2, 0.25) is 0 Å². The van der Waals surface area contributed by atoms with Crippen LogP contribution in [-0.4, -0.2) is 47.3 Å². The van der Waals surface area contributed by atoms with Crippen molar-refractivity contribution in [3.8, 4) is 17.2 Å². The molecular formula is C27H36N2O6. The van der Waals surface area contributed by atoms with Gasteiger partial charge in [-0.25, -0.2) is 0 Å². The number of ether oxygens (including phenoxy) is 3. The van der Waals surface area contributed by atoms with Crippen molar-refractivity contribution < 1.29 is 32.1 Å². The zero-order valence-electron chi connectivity index (χ0n) is 20.6. The molecule has 1 amide bonds. The number of anilines is 1. The third-order valence-corrected chi connectivity index (χ3v) is 6.92. The van der Waals surface area contributed by atoms with Crippen LogP contribution in [0.25, 0.3) is 10.9 Å². The van der Waals surface area contributed by atoms with E-state index in [2.05, 4.69) is 32.2 Å². The lowest BCUT2D eigenvalue weighted by Gasteiger charge is -2.24. The van der Waals surface area contributed by atoms with Crippen molar-refractivity contribution in [2.75, 3.05) is 25.8 Å². The number of aliphatic hydroxyl groups excluding tert-OH is 2. The summed E-state index contributed by atoms with van der Waals surface area (Å²) in [5.41, 5.74) is 2.59. The fourth-order valence-corrected chi connectivity index (χ4v) is 4.90. The van der Waals surface area contributed by atoms with E-state index in [4.69, 9.17) is 14.2 Å². The Labute approximate surface area is 207 Å². The van der Waals surface area contributed by atoms with Crippen LogP contribution in [0.1, 0.15) is 47.7 Å². The summed E-state index contributed by atoms with van der Waals surface area (Å²) >= 11 is 0. The number of hydrogen-bond donors (Lipinski definition) is 3. The number of nitrogens with zero attached hydrogens (tertiary/aromatic N) is 1. The second-order valence-corrected chi connectivity index (χ2v) is 10.4. The van der Waals surface area contributed by atoms with E-state index in [0.717, 1.165) is 35.0 Å². The lowest BCUT2D eigenvalue weighted by atomic mass is 9.92. The summed E-state index contributed by atoms with van der Waals surface area (Å²) in [4.78, 5) is 13.5. The molecule has 190 valence electrons. The summed E-state index contributed by atoms with van der Waals surface area (Å²) in [6.07, 6.45) is 0.635. The highest BCUT2D eigenvalue weighted by atomic mass is 16.7. The van der Waals surface area contributed by atoms with Gasteiger partial charge < -0.3 is 34.3 Å². The summed E-state index contributed by atoms with van der Waals surface area (Å²) in [6.45, 7) is 6.40. The number of benzene rings is 2. The molecule has 2 aliphatic rings. The Bertz CT molecular complexity index is 1300. The first-order chi connectivity index (χ1) is 16.7. The van der Waals surface area contributed by atoms with Gasteiger partial charge >= 0.3 is 0 Å². The molecule has 2 heterocycles. The maximum absolute atomic E-state index is 13.5. The highest BCUT2D eigenvalue weighted by Crippen LogP contribution is 2.51. The van der Waals surface area contributed by atoms with Crippen LogP contribution in [0.5, 0.6) is 17.2 Å². The van der Waals surface area contributed by atoms with Crippen molar-refractivity contribution >= 4 is 22.5 Å². The predicted octanol–water partition coefficient (Wildman–Crippen LogP) is 4.19. The van der Waals surface area contributed by atoms with Crippen LogP contribution in [0.15, 0.2) is 36.4 Å². The normalized spacial score (nSPS) is 16.9. The van der Waals surface area contributed by atoms with E-state index < -0.39 is 11.5 Å². The fraction of sp³-hybridized carbons (Fsp3) is 0.444. The molecule has 0 spiro atoms. The van der Waals surface area contributed by atoms with Crippen molar-refractivity contribution in [2.45, 2.75) is 57.1 Å². The molecule has 1 aliphatic carbocycles. The average molecular weight is 485 g/mol. The first kappa shape index (κ1) is 23.5. The number of fused-ring (bicyclic) bond motifs is 2. The maximum Gasteiger partial charge on any atom is 0.235 e. The molecule has 0 unspecified atom stereocenters. The van der Waals surface area contributed by atoms with E-state index in [-0.39, 0.29) is 34.1 Å². The zero-order valence-corrected chi connectivity index (χ0v) is 20.6. The van der Waals surface area contributed by atoms with Crippen molar-refractivity contribution in [2.24, 2.45) is 0 Å². The minimum atomic E-state index is -0.896. The van der Waals surface area contributed by atoms with Crippen molar-refractivity contribution in [3.05, 3.63) is 47.7 Å². The van der Waals surface area contributed by atoms with Gasteiger partial charge in [0.05, 0.1) is 37.3 Å². The molecule has 1 aliphatic heterocycles. The summed E-state index contributed by atoms with van der Waals surface area (Å²) in [7, 11) is 1.59. The van der Waals surface area contributed by atoms with Crippen LogP contribution in [-0.2, 0) is 22.2 Å². The molecular weight excluding hydrogens is 448 g/mol. The van der Waals surface area contributed by atoms with E-state index in [1.807, 2.05) is 34.9 Å². The largest absolute Gasteiger partial charge is 0.494 e. The van der Waals surface area contributed by atoms with Crippen molar-refractivity contribution in [1.82, 2.24) is 4.57 Å². The molecule has 3 N–H and O–H groups in total. The molecule has 1 atom stereocenters. The summed E-state index contributed by atoms with van der Waals surface area (Å²) < 4.78 is 18.6. The van der Waals surface area contributed by atoms with E-state index in [9.17, 15) is 15.0 Å². The Kier molecular flexibility index (Phi) is 5.68. The van der Waals surface area contributed by atoms with Crippen LogP contribution in [0, 0.1) is 0 Å². The van der Waals surface area contributed by atoms with Gasteiger partial charge in [0.1, 0.15) is 5.75 Å². The Morgan fingerprint density at radius 1 is 1.20 bits per heavy atom. The van der Waals surface area contributed by atoms with Crippen LogP contribution < -0.4 is 19.5 Å². The standard InChI is InChI=1S/C27H32N2O6.2H2/c1-26(2,3)23-10-16-9-18(12-22(33-4)24(16)29(23)13-19(31)14-30)28-25(32)27(7-8-27)17-5-6-20-21(11-17)35-15-34-20;;/h5-6,9-12,19,30-31H,7-8,13-15H2,1-4H3,(H,28,32);2*1H/t19-;;/m1../s1.